The average Bonchev–Trinajstić information content (AvgIpc) is 3.28. The van der Waals surface area contributed by atoms with Gasteiger partial charge < -0.3 is 15.0 Å². The molecule has 0 unspecified atom stereocenters. The smallest absolute Gasteiger partial charge is 0.333 e. The number of aromatic nitrogens is 4. The predicted molar refractivity (Wildman–Crippen MR) is 155 cm³/mol. The summed E-state index contributed by atoms with van der Waals surface area (Å²) in [6, 6.07) is 20.2. The largest absolute Gasteiger partial charge is 0.497 e. The number of carbonyl (C=O) groups is 1. The van der Waals surface area contributed by atoms with Gasteiger partial charge in [0.1, 0.15) is 11.4 Å². The molecule has 6 rings (SSSR count). The summed E-state index contributed by atoms with van der Waals surface area (Å²) in [5.74, 6) is 0.893. The van der Waals surface area contributed by atoms with Crippen molar-refractivity contribution in [3.05, 3.63) is 110 Å². The number of anilines is 1. The monoisotopic (exact) mass is 574 g/mol. The molecule has 40 heavy (non-hydrogen) atoms. The SMILES string of the molecule is COc1ccc(-n2c(C(=O)NCc3ccccc3)c3n(c2=O)CCN(c2nncc4cc(Cl)c(Cl)cc24)C3)cc1. The van der Waals surface area contributed by atoms with E-state index in [1.165, 1.54) is 4.57 Å². The number of halogens is 2. The summed E-state index contributed by atoms with van der Waals surface area (Å²) in [6.07, 6.45) is 1.63. The fourth-order valence-corrected chi connectivity index (χ4v) is 5.34. The molecular formula is C29H24Cl2N6O3. The fourth-order valence-electron chi connectivity index (χ4n) is 5.00. The third-order valence-electron chi connectivity index (χ3n) is 7.00. The van der Waals surface area contributed by atoms with E-state index >= 15 is 0 Å². The first-order valence-corrected chi connectivity index (χ1v) is 13.4. The number of imidazole rings is 1. The summed E-state index contributed by atoms with van der Waals surface area (Å²) >= 11 is 12.6. The first-order valence-electron chi connectivity index (χ1n) is 12.6. The van der Waals surface area contributed by atoms with E-state index in [2.05, 4.69) is 15.5 Å². The van der Waals surface area contributed by atoms with Crippen LogP contribution in [0.4, 0.5) is 5.82 Å². The Labute approximate surface area is 239 Å². The Morgan fingerprint density at radius 3 is 2.52 bits per heavy atom. The highest BCUT2D eigenvalue weighted by Gasteiger charge is 2.31. The normalized spacial score (nSPS) is 12.8. The lowest BCUT2D eigenvalue weighted by atomic mass is 10.1. The van der Waals surface area contributed by atoms with E-state index in [0.29, 0.717) is 52.6 Å². The van der Waals surface area contributed by atoms with Crippen molar-refractivity contribution in [1.29, 1.82) is 0 Å². The van der Waals surface area contributed by atoms with Crippen molar-refractivity contribution in [3.8, 4) is 11.4 Å². The molecule has 2 aromatic heterocycles. The Hall–Kier alpha value is -4.34. The molecule has 0 aliphatic carbocycles. The molecular weight excluding hydrogens is 551 g/mol. The Morgan fingerprint density at radius 2 is 1.77 bits per heavy atom. The molecule has 202 valence electrons. The summed E-state index contributed by atoms with van der Waals surface area (Å²) in [5.41, 5.74) is 2.08. The summed E-state index contributed by atoms with van der Waals surface area (Å²) in [6.45, 7) is 1.42. The minimum absolute atomic E-state index is 0.264. The van der Waals surface area contributed by atoms with E-state index < -0.39 is 0 Å². The van der Waals surface area contributed by atoms with Crippen molar-refractivity contribution in [2.24, 2.45) is 0 Å². The Balaban J connectivity index is 1.44. The number of nitrogens with zero attached hydrogens (tertiary/aromatic N) is 5. The number of hydrogen-bond acceptors (Lipinski definition) is 6. The van der Waals surface area contributed by atoms with E-state index in [9.17, 15) is 9.59 Å². The lowest BCUT2D eigenvalue weighted by Crippen LogP contribution is -2.38. The number of ether oxygens (including phenoxy) is 1. The van der Waals surface area contributed by atoms with Crippen LogP contribution in [0.25, 0.3) is 16.5 Å². The van der Waals surface area contributed by atoms with Gasteiger partial charge in [-0.25, -0.2) is 4.79 Å². The molecule has 1 N–H and O–H groups in total. The Kier molecular flexibility index (Phi) is 6.91. The van der Waals surface area contributed by atoms with Crippen molar-refractivity contribution in [2.75, 3.05) is 18.6 Å². The molecule has 1 aliphatic rings. The zero-order chi connectivity index (χ0) is 27.8. The highest BCUT2D eigenvalue weighted by Crippen LogP contribution is 2.33. The van der Waals surface area contributed by atoms with Crippen LogP contribution in [-0.4, -0.2) is 38.9 Å². The van der Waals surface area contributed by atoms with Gasteiger partial charge in [-0.2, -0.15) is 5.10 Å². The van der Waals surface area contributed by atoms with Crippen molar-refractivity contribution < 1.29 is 9.53 Å². The van der Waals surface area contributed by atoms with Crippen LogP contribution >= 0.6 is 23.2 Å². The number of hydrogen-bond donors (Lipinski definition) is 1. The lowest BCUT2D eigenvalue weighted by molar-refractivity contribution is 0.0942. The molecule has 0 bridgehead atoms. The van der Waals surface area contributed by atoms with Crippen LogP contribution in [0.3, 0.4) is 0 Å². The lowest BCUT2D eigenvalue weighted by Gasteiger charge is -2.29. The van der Waals surface area contributed by atoms with Crippen LogP contribution in [0.15, 0.2) is 77.7 Å². The van der Waals surface area contributed by atoms with Gasteiger partial charge in [-0.15, -0.1) is 5.10 Å². The quantitative estimate of drug-likeness (QED) is 0.311. The minimum Gasteiger partial charge on any atom is -0.497 e. The third-order valence-corrected chi connectivity index (χ3v) is 7.73. The molecule has 0 radical (unpaired) electrons. The first kappa shape index (κ1) is 25.9. The standard InChI is InChI=1S/C29H24Cl2N6O3/c1-40-21-9-7-20(8-10-21)37-26(28(38)32-15-18-5-3-2-4-6-18)25-17-35(11-12-36(25)29(37)39)27-22-14-24(31)23(30)13-19(22)16-33-34-27/h2-10,13-14,16H,11-12,15,17H2,1H3,(H,32,38). The van der Waals surface area contributed by atoms with Crippen molar-refractivity contribution in [2.45, 2.75) is 19.6 Å². The van der Waals surface area contributed by atoms with Gasteiger partial charge in [0.05, 0.1) is 41.3 Å². The van der Waals surface area contributed by atoms with Crippen molar-refractivity contribution >= 4 is 45.7 Å². The molecule has 3 heterocycles. The van der Waals surface area contributed by atoms with Gasteiger partial charge in [-0.3, -0.25) is 13.9 Å². The number of fused-ring (bicyclic) bond motifs is 2. The van der Waals surface area contributed by atoms with E-state index in [4.69, 9.17) is 27.9 Å². The van der Waals surface area contributed by atoms with Gasteiger partial charge >= 0.3 is 5.69 Å². The molecule has 1 amide bonds. The van der Waals surface area contributed by atoms with E-state index in [1.54, 1.807) is 54.3 Å². The molecule has 3 aromatic carbocycles. The van der Waals surface area contributed by atoms with Gasteiger partial charge in [0, 0.05) is 30.4 Å². The molecule has 0 atom stereocenters. The molecule has 0 spiro atoms. The first-order chi connectivity index (χ1) is 19.4. The van der Waals surface area contributed by atoms with Crippen LogP contribution in [0.1, 0.15) is 21.7 Å². The summed E-state index contributed by atoms with van der Waals surface area (Å²) in [7, 11) is 1.58. The van der Waals surface area contributed by atoms with Gasteiger partial charge in [-0.05, 0) is 42.0 Å². The third kappa shape index (κ3) is 4.67. The zero-order valence-corrected chi connectivity index (χ0v) is 23.0. The van der Waals surface area contributed by atoms with Crippen LogP contribution in [0, 0.1) is 0 Å². The second kappa shape index (κ2) is 10.7. The number of rotatable bonds is 6. The molecule has 9 nitrogen and oxygen atoms in total. The Morgan fingerprint density at radius 1 is 1.02 bits per heavy atom. The maximum atomic E-state index is 13.8. The van der Waals surface area contributed by atoms with Crippen LogP contribution in [0.5, 0.6) is 5.75 Å². The van der Waals surface area contributed by atoms with Gasteiger partial charge in [0.25, 0.3) is 5.91 Å². The highest BCUT2D eigenvalue weighted by molar-refractivity contribution is 6.43. The van der Waals surface area contributed by atoms with Crippen molar-refractivity contribution in [1.82, 2.24) is 24.6 Å². The number of methoxy groups -OCH3 is 1. The van der Waals surface area contributed by atoms with Crippen LogP contribution in [-0.2, 0) is 19.6 Å². The topological polar surface area (TPSA) is 94.3 Å². The maximum Gasteiger partial charge on any atom is 0.333 e. The molecule has 11 heteroatoms. The average molecular weight is 575 g/mol. The molecule has 5 aromatic rings. The maximum absolute atomic E-state index is 13.8. The zero-order valence-electron chi connectivity index (χ0n) is 21.5. The molecule has 0 fully saturated rings. The highest BCUT2D eigenvalue weighted by atomic mass is 35.5. The van der Waals surface area contributed by atoms with E-state index in [1.807, 2.05) is 35.2 Å². The van der Waals surface area contributed by atoms with E-state index in [-0.39, 0.29) is 23.8 Å². The van der Waals surface area contributed by atoms with Gasteiger partial charge in [-0.1, -0.05) is 53.5 Å². The van der Waals surface area contributed by atoms with Crippen LogP contribution < -0.4 is 20.6 Å². The van der Waals surface area contributed by atoms with E-state index in [0.717, 1.165) is 16.3 Å². The molecule has 1 aliphatic heterocycles. The number of nitrogens with one attached hydrogen (secondary N) is 1. The van der Waals surface area contributed by atoms with Crippen LogP contribution in [0.2, 0.25) is 10.0 Å². The van der Waals surface area contributed by atoms with Crippen molar-refractivity contribution in [3.63, 3.8) is 0 Å². The molecule has 0 saturated carbocycles. The summed E-state index contributed by atoms with van der Waals surface area (Å²) in [4.78, 5) is 29.5. The predicted octanol–water partition coefficient (Wildman–Crippen LogP) is 4.85. The number of amides is 1. The fraction of sp³-hybridized carbons (Fsp3) is 0.172. The van der Waals surface area contributed by atoms with Gasteiger partial charge in [0.2, 0.25) is 0 Å². The number of carbonyl (C=O) groups excluding carboxylic acids is 1. The summed E-state index contributed by atoms with van der Waals surface area (Å²) < 4.78 is 8.40. The Bertz CT molecular complexity index is 1780. The second-order valence-electron chi connectivity index (χ2n) is 9.37. The molecule has 0 saturated heterocycles. The minimum atomic E-state index is -0.355. The summed E-state index contributed by atoms with van der Waals surface area (Å²) in [5, 5.41) is 14.0. The van der Waals surface area contributed by atoms with Gasteiger partial charge in [0.15, 0.2) is 5.82 Å². The number of benzene rings is 3. The second-order valence-corrected chi connectivity index (χ2v) is 10.2.